The highest BCUT2D eigenvalue weighted by molar-refractivity contribution is 6.40. The molecule has 2 aromatic heterocycles. The summed E-state index contributed by atoms with van der Waals surface area (Å²) in [6, 6.07) is 3.66. The summed E-state index contributed by atoms with van der Waals surface area (Å²) in [7, 11) is 0. The van der Waals surface area contributed by atoms with Crippen molar-refractivity contribution in [3.8, 4) is 0 Å². The number of benzene rings is 1. The van der Waals surface area contributed by atoms with Crippen molar-refractivity contribution in [2.75, 3.05) is 0 Å². The molecule has 3 nitrogen and oxygen atoms in total. The van der Waals surface area contributed by atoms with Crippen LogP contribution in [0.1, 0.15) is 12.0 Å². The van der Waals surface area contributed by atoms with Crippen LogP contribution < -0.4 is 0 Å². The van der Waals surface area contributed by atoms with E-state index in [0.29, 0.717) is 23.4 Å². The van der Waals surface area contributed by atoms with E-state index in [2.05, 4.69) is 0 Å². The number of furan rings is 2. The van der Waals surface area contributed by atoms with Gasteiger partial charge in [-0.05, 0) is 18.6 Å². The van der Waals surface area contributed by atoms with Gasteiger partial charge in [-0.25, -0.2) is 0 Å². The maximum atomic E-state index is 10.5. The number of fused-ring (bicyclic) bond motifs is 2. The molecule has 17 heavy (non-hydrogen) atoms. The van der Waals surface area contributed by atoms with Crippen molar-refractivity contribution in [3.63, 3.8) is 0 Å². The number of aryl methyl sites for hydroxylation is 1. The molecule has 0 unspecified atom stereocenters. The van der Waals surface area contributed by atoms with Crippen LogP contribution in [0.25, 0.3) is 21.9 Å². The molecule has 0 spiro atoms. The summed E-state index contributed by atoms with van der Waals surface area (Å²) in [5.41, 5.74) is 2.37. The van der Waals surface area contributed by atoms with Gasteiger partial charge in [0.25, 0.3) is 0 Å². The molecule has 0 amide bonds. The Balaban J connectivity index is 2.39. The van der Waals surface area contributed by atoms with Crippen LogP contribution >= 0.6 is 11.6 Å². The molecule has 86 valence electrons. The van der Waals surface area contributed by atoms with E-state index < -0.39 is 0 Å². The SMILES string of the molecule is O=CCCc1c2ccoc2c(Cl)c2ccoc12. The zero-order valence-electron chi connectivity index (χ0n) is 8.90. The number of aldehydes is 1. The monoisotopic (exact) mass is 248 g/mol. The summed E-state index contributed by atoms with van der Waals surface area (Å²) in [4.78, 5) is 10.5. The quantitative estimate of drug-likeness (QED) is 0.659. The zero-order chi connectivity index (χ0) is 11.8. The molecule has 0 aliphatic carbocycles. The number of rotatable bonds is 3. The van der Waals surface area contributed by atoms with Crippen LogP contribution in [-0.2, 0) is 11.2 Å². The van der Waals surface area contributed by atoms with E-state index in [9.17, 15) is 4.79 Å². The van der Waals surface area contributed by atoms with Crippen LogP contribution in [0.3, 0.4) is 0 Å². The van der Waals surface area contributed by atoms with Crippen LogP contribution in [-0.4, -0.2) is 6.29 Å². The minimum Gasteiger partial charge on any atom is -0.464 e. The van der Waals surface area contributed by atoms with E-state index in [0.717, 1.165) is 28.2 Å². The van der Waals surface area contributed by atoms with E-state index in [-0.39, 0.29) is 0 Å². The molecule has 2 heterocycles. The predicted molar refractivity (Wildman–Crippen MR) is 65.4 cm³/mol. The van der Waals surface area contributed by atoms with Gasteiger partial charge in [-0.1, -0.05) is 11.6 Å². The Morgan fingerprint density at radius 2 is 1.82 bits per heavy atom. The molecule has 0 saturated carbocycles. The number of carbonyl (C=O) groups is 1. The second-order valence-electron chi connectivity index (χ2n) is 3.82. The molecule has 4 heteroatoms. The Kier molecular flexibility index (Phi) is 2.41. The average Bonchev–Trinajstić information content (AvgIpc) is 2.97. The van der Waals surface area contributed by atoms with Gasteiger partial charge in [0, 0.05) is 22.8 Å². The van der Waals surface area contributed by atoms with Crippen molar-refractivity contribution in [2.45, 2.75) is 12.8 Å². The summed E-state index contributed by atoms with van der Waals surface area (Å²) in [6.07, 6.45) is 5.17. The highest BCUT2D eigenvalue weighted by Crippen LogP contribution is 2.37. The molecule has 0 bridgehead atoms. The largest absolute Gasteiger partial charge is 0.464 e. The Bertz CT molecular complexity index is 641. The van der Waals surface area contributed by atoms with Crippen LogP contribution in [0, 0.1) is 0 Å². The third kappa shape index (κ3) is 1.46. The number of hydrogen-bond acceptors (Lipinski definition) is 3. The average molecular weight is 249 g/mol. The van der Waals surface area contributed by atoms with Gasteiger partial charge >= 0.3 is 0 Å². The molecule has 3 aromatic rings. The van der Waals surface area contributed by atoms with Crippen LogP contribution in [0.5, 0.6) is 0 Å². The van der Waals surface area contributed by atoms with Crippen molar-refractivity contribution < 1.29 is 13.6 Å². The van der Waals surface area contributed by atoms with E-state index >= 15 is 0 Å². The van der Waals surface area contributed by atoms with Crippen molar-refractivity contribution in [2.24, 2.45) is 0 Å². The summed E-state index contributed by atoms with van der Waals surface area (Å²) in [6.45, 7) is 0. The maximum Gasteiger partial charge on any atom is 0.153 e. The summed E-state index contributed by atoms with van der Waals surface area (Å²) in [5.74, 6) is 0. The zero-order valence-corrected chi connectivity index (χ0v) is 9.66. The van der Waals surface area contributed by atoms with Crippen molar-refractivity contribution in [1.82, 2.24) is 0 Å². The molecular weight excluding hydrogens is 240 g/mol. The van der Waals surface area contributed by atoms with Gasteiger partial charge in [0.15, 0.2) is 5.58 Å². The lowest BCUT2D eigenvalue weighted by Gasteiger charge is -2.03. The molecule has 0 aliphatic rings. The fourth-order valence-corrected chi connectivity index (χ4v) is 2.42. The third-order valence-corrected chi connectivity index (χ3v) is 3.25. The first-order valence-electron chi connectivity index (χ1n) is 5.31. The Hall–Kier alpha value is -1.74. The van der Waals surface area contributed by atoms with E-state index in [1.54, 1.807) is 12.5 Å². The maximum absolute atomic E-state index is 10.5. The molecule has 0 radical (unpaired) electrons. The van der Waals surface area contributed by atoms with E-state index in [1.807, 2.05) is 12.1 Å². The first kappa shape index (κ1) is 10.4. The molecule has 3 rings (SSSR count). The Labute approximate surface area is 102 Å². The fraction of sp³-hybridized carbons (Fsp3) is 0.154. The van der Waals surface area contributed by atoms with Gasteiger partial charge < -0.3 is 13.6 Å². The smallest absolute Gasteiger partial charge is 0.153 e. The molecule has 0 saturated heterocycles. The minimum absolute atomic E-state index is 0.456. The summed E-state index contributed by atoms with van der Waals surface area (Å²) in [5, 5.41) is 2.30. The molecule has 0 fully saturated rings. The Morgan fingerprint density at radius 3 is 2.59 bits per heavy atom. The second-order valence-corrected chi connectivity index (χ2v) is 4.20. The first-order chi connectivity index (χ1) is 8.33. The van der Waals surface area contributed by atoms with Gasteiger partial charge in [-0.2, -0.15) is 0 Å². The summed E-state index contributed by atoms with van der Waals surface area (Å²) >= 11 is 6.24. The lowest BCUT2D eigenvalue weighted by Crippen LogP contribution is -1.89. The van der Waals surface area contributed by atoms with E-state index in [1.165, 1.54) is 0 Å². The highest BCUT2D eigenvalue weighted by Gasteiger charge is 2.16. The minimum atomic E-state index is 0.456. The van der Waals surface area contributed by atoms with E-state index in [4.69, 9.17) is 20.4 Å². The topological polar surface area (TPSA) is 43.4 Å². The number of halogens is 1. The molecule has 1 aromatic carbocycles. The third-order valence-electron chi connectivity index (χ3n) is 2.88. The first-order valence-corrected chi connectivity index (χ1v) is 5.69. The van der Waals surface area contributed by atoms with Gasteiger partial charge in [0.1, 0.15) is 11.9 Å². The number of carbonyl (C=O) groups excluding carboxylic acids is 1. The summed E-state index contributed by atoms with van der Waals surface area (Å²) < 4.78 is 10.8. The normalized spacial score (nSPS) is 11.4. The number of hydrogen-bond donors (Lipinski definition) is 0. The highest BCUT2D eigenvalue weighted by atomic mass is 35.5. The molecule has 0 atom stereocenters. The van der Waals surface area contributed by atoms with Crippen molar-refractivity contribution in [3.05, 3.63) is 35.2 Å². The lowest BCUT2D eigenvalue weighted by molar-refractivity contribution is -0.107. The lowest BCUT2D eigenvalue weighted by atomic mass is 10.0. The predicted octanol–water partition coefficient (Wildman–Crippen LogP) is 3.96. The Morgan fingerprint density at radius 1 is 1.12 bits per heavy atom. The van der Waals surface area contributed by atoms with Gasteiger partial charge in [-0.15, -0.1) is 0 Å². The second kappa shape index (κ2) is 3.93. The van der Waals surface area contributed by atoms with Crippen molar-refractivity contribution in [1.29, 1.82) is 0 Å². The molecule has 0 aliphatic heterocycles. The van der Waals surface area contributed by atoms with Crippen LogP contribution in [0.2, 0.25) is 5.02 Å². The standard InChI is InChI=1S/C13H9ClO3/c14-11-10-4-7-16-12(10)8(2-1-5-15)9-3-6-17-13(9)11/h3-7H,1-2H2. The van der Waals surface area contributed by atoms with Gasteiger partial charge in [0.2, 0.25) is 0 Å². The molecule has 0 N–H and O–H groups in total. The van der Waals surface area contributed by atoms with Crippen LogP contribution in [0.4, 0.5) is 0 Å². The molecular formula is C13H9ClO3. The fourth-order valence-electron chi connectivity index (χ4n) is 2.13. The van der Waals surface area contributed by atoms with Gasteiger partial charge in [0.05, 0.1) is 17.5 Å². The van der Waals surface area contributed by atoms with Crippen LogP contribution in [0.15, 0.2) is 33.5 Å². The van der Waals surface area contributed by atoms with Crippen molar-refractivity contribution >= 4 is 39.8 Å². The van der Waals surface area contributed by atoms with Gasteiger partial charge in [-0.3, -0.25) is 0 Å².